The van der Waals surface area contributed by atoms with Gasteiger partial charge in [0.05, 0.1) is 25.0 Å². The Labute approximate surface area is 161 Å². The van der Waals surface area contributed by atoms with Gasteiger partial charge in [-0.2, -0.15) is 0 Å². The number of hydrogen-bond acceptors (Lipinski definition) is 5. The summed E-state index contributed by atoms with van der Waals surface area (Å²) in [7, 11) is 2.49. The predicted octanol–water partition coefficient (Wildman–Crippen LogP) is 2.68. The summed E-state index contributed by atoms with van der Waals surface area (Å²) in [4.78, 5) is 39.1. The summed E-state index contributed by atoms with van der Waals surface area (Å²) in [5.74, 6) is -3.73. The number of benzene rings is 1. The van der Waals surface area contributed by atoms with E-state index in [4.69, 9.17) is 9.47 Å². The number of ether oxygens (including phenoxy) is 2. The molecule has 7 nitrogen and oxygen atoms in total. The fourth-order valence-corrected chi connectivity index (χ4v) is 2.84. The number of halogens is 2. The molecule has 0 spiro atoms. The number of carbonyl (C=O) groups excluding carboxylic acids is 3. The number of rotatable bonds is 4. The minimum absolute atomic E-state index is 0.0420. The van der Waals surface area contributed by atoms with E-state index in [0.29, 0.717) is 0 Å². The summed E-state index contributed by atoms with van der Waals surface area (Å²) in [5, 5.41) is 2.46. The van der Waals surface area contributed by atoms with E-state index in [-0.39, 0.29) is 23.4 Å². The van der Waals surface area contributed by atoms with E-state index in [9.17, 15) is 23.2 Å². The zero-order chi connectivity index (χ0) is 21.2. The van der Waals surface area contributed by atoms with E-state index < -0.39 is 41.0 Å². The Kier molecular flexibility index (Phi) is 6.18. The fourth-order valence-electron chi connectivity index (χ4n) is 2.84. The van der Waals surface area contributed by atoms with Gasteiger partial charge in [0.25, 0.3) is 0 Å². The first-order valence-corrected chi connectivity index (χ1v) is 8.42. The Hall–Kier alpha value is -2.81. The Morgan fingerprint density at radius 2 is 1.82 bits per heavy atom. The number of hydrogen-bond donors (Lipinski definition) is 1. The lowest BCUT2D eigenvalue weighted by atomic mass is 9.88. The first-order valence-electron chi connectivity index (χ1n) is 8.42. The Bertz CT molecular complexity index is 845. The van der Waals surface area contributed by atoms with Crippen molar-refractivity contribution >= 4 is 17.9 Å². The second-order valence-corrected chi connectivity index (χ2v) is 7.25. The van der Waals surface area contributed by atoms with Gasteiger partial charge in [-0.3, -0.25) is 9.69 Å². The van der Waals surface area contributed by atoms with E-state index in [1.54, 1.807) is 20.8 Å². The van der Waals surface area contributed by atoms with E-state index in [0.717, 1.165) is 24.1 Å². The highest BCUT2D eigenvalue weighted by Gasteiger charge is 2.45. The maximum absolute atomic E-state index is 13.9. The van der Waals surface area contributed by atoms with Crippen LogP contribution in [0.2, 0.25) is 0 Å². The fraction of sp³-hybridized carbons (Fsp3) is 0.421. The molecule has 1 aromatic rings. The molecule has 0 fully saturated rings. The van der Waals surface area contributed by atoms with Crippen molar-refractivity contribution in [2.75, 3.05) is 20.8 Å². The standard InChI is InChI=1S/C19H22F2N2O5/c1-19(2,3)17(25)23-15(10-6-7-11(20)12(21)8-10)14(16(24)28-5)13(9-27-4)22-18(23)26/h6-8,15H,9H2,1-5H3,(H,22,26). The molecular weight excluding hydrogens is 374 g/mol. The summed E-state index contributed by atoms with van der Waals surface area (Å²) in [5.41, 5.74) is -0.978. The number of imide groups is 1. The molecule has 1 unspecified atom stereocenters. The highest BCUT2D eigenvalue weighted by atomic mass is 19.2. The van der Waals surface area contributed by atoms with Crippen LogP contribution in [0.15, 0.2) is 29.5 Å². The van der Waals surface area contributed by atoms with Crippen molar-refractivity contribution in [2.45, 2.75) is 26.8 Å². The summed E-state index contributed by atoms with van der Waals surface area (Å²) >= 11 is 0. The first kappa shape index (κ1) is 21.5. The third kappa shape index (κ3) is 4.04. The molecule has 2 rings (SSSR count). The minimum Gasteiger partial charge on any atom is -0.466 e. The molecule has 0 bridgehead atoms. The topological polar surface area (TPSA) is 84.9 Å². The normalized spacial score (nSPS) is 17.5. The zero-order valence-electron chi connectivity index (χ0n) is 16.3. The maximum Gasteiger partial charge on any atom is 0.338 e. The van der Waals surface area contributed by atoms with Crippen LogP contribution in [-0.2, 0) is 19.1 Å². The summed E-state index contributed by atoms with van der Waals surface area (Å²) in [6.45, 7) is 4.62. The summed E-state index contributed by atoms with van der Waals surface area (Å²) in [6, 6.07) is 0.789. The minimum atomic E-state index is -1.31. The van der Waals surface area contributed by atoms with Crippen LogP contribution >= 0.6 is 0 Å². The molecule has 1 N–H and O–H groups in total. The molecule has 1 aromatic carbocycles. The molecule has 1 heterocycles. The molecule has 0 radical (unpaired) electrons. The molecule has 0 aromatic heterocycles. The average Bonchev–Trinajstić information content (AvgIpc) is 2.62. The average molecular weight is 396 g/mol. The van der Waals surface area contributed by atoms with Gasteiger partial charge in [0.2, 0.25) is 5.91 Å². The smallest absolute Gasteiger partial charge is 0.338 e. The molecular formula is C19H22F2N2O5. The van der Waals surface area contributed by atoms with Gasteiger partial charge in [0.1, 0.15) is 6.04 Å². The monoisotopic (exact) mass is 396 g/mol. The van der Waals surface area contributed by atoms with Crippen LogP contribution in [0, 0.1) is 17.0 Å². The van der Waals surface area contributed by atoms with Gasteiger partial charge >= 0.3 is 12.0 Å². The van der Waals surface area contributed by atoms with Crippen molar-refractivity contribution in [1.82, 2.24) is 10.2 Å². The molecule has 0 aliphatic carbocycles. The molecule has 3 amide bonds. The van der Waals surface area contributed by atoms with Crippen LogP contribution in [0.25, 0.3) is 0 Å². The van der Waals surface area contributed by atoms with Crippen LogP contribution in [0.5, 0.6) is 0 Å². The van der Waals surface area contributed by atoms with Crippen molar-refractivity contribution in [3.05, 3.63) is 46.7 Å². The highest BCUT2D eigenvalue weighted by Crippen LogP contribution is 2.37. The number of methoxy groups -OCH3 is 2. The number of esters is 1. The number of nitrogens with one attached hydrogen (secondary N) is 1. The zero-order valence-corrected chi connectivity index (χ0v) is 16.3. The third-order valence-corrected chi connectivity index (χ3v) is 4.15. The van der Waals surface area contributed by atoms with E-state index >= 15 is 0 Å². The van der Waals surface area contributed by atoms with E-state index in [2.05, 4.69) is 5.32 Å². The van der Waals surface area contributed by atoms with Crippen LogP contribution < -0.4 is 5.32 Å². The van der Waals surface area contributed by atoms with Crippen molar-refractivity contribution < 1.29 is 32.6 Å². The van der Waals surface area contributed by atoms with Gasteiger partial charge in [-0.1, -0.05) is 26.8 Å². The van der Waals surface area contributed by atoms with Gasteiger partial charge in [-0.05, 0) is 17.7 Å². The number of nitrogens with zero attached hydrogens (tertiary/aromatic N) is 1. The van der Waals surface area contributed by atoms with Crippen LogP contribution in [0.3, 0.4) is 0 Å². The quantitative estimate of drug-likeness (QED) is 0.791. The lowest BCUT2D eigenvalue weighted by Gasteiger charge is -2.39. The van der Waals surface area contributed by atoms with Gasteiger partial charge in [0, 0.05) is 12.5 Å². The lowest BCUT2D eigenvalue weighted by molar-refractivity contribution is -0.140. The Morgan fingerprint density at radius 1 is 1.18 bits per heavy atom. The first-order chi connectivity index (χ1) is 13.0. The molecule has 1 aliphatic rings. The SMILES string of the molecule is COCC1=C(C(=O)OC)C(c2ccc(F)c(F)c2)N(C(=O)C(C)(C)C)C(=O)N1. The molecule has 152 valence electrons. The third-order valence-electron chi connectivity index (χ3n) is 4.15. The molecule has 28 heavy (non-hydrogen) atoms. The highest BCUT2D eigenvalue weighted by molar-refractivity contribution is 6.03. The number of carbonyl (C=O) groups is 3. The number of urea groups is 1. The van der Waals surface area contributed by atoms with Crippen LogP contribution in [0.4, 0.5) is 13.6 Å². The molecule has 9 heteroatoms. The lowest BCUT2D eigenvalue weighted by Crippen LogP contribution is -2.55. The second kappa shape index (κ2) is 8.05. The van der Waals surface area contributed by atoms with Crippen LogP contribution in [-0.4, -0.2) is 43.6 Å². The maximum atomic E-state index is 13.9. The van der Waals surface area contributed by atoms with Gasteiger partial charge < -0.3 is 14.8 Å². The molecule has 0 saturated carbocycles. The van der Waals surface area contributed by atoms with E-state index in [1.807, 2.05) is 0 Å². The largest absolute Gasteiger partial charge is 0.466 e. The molecule has 1 aliphatic heterocycles. The molecule has 1 atom stereocenters. The van der Waals surface area contributed by atoms with Crippen molar-refractivity contribution in [2.24, 2.45) is 5.41 Å². The van der Waals surface area contributed by atoms with Crippen molar-refractivity contribution in [3.8, 4) is 0 Å². The Morgan fingerprint density at radius 3 is 2.32 bits per heavy atom. The molecule has 0 saturated heterocycles. The number of amides is 3. The second-order valence-electron chi connectivity index (χ2n) is 7.25. The Balaban J connectivity index is 2.78. The van der Waals surface area contributed by atoms with Crippen molar-refractivity contribution in [3.63, 3.8) is 0 Å². The predicted molar refractivity (Wildman–Crippen MR) is 94.8 cm³/mol. The van der Waals surface area contributed by atoms with Crippen molar-refractivity contribution in [1.29, 1.82) is 0 Å². The summed E-state index contributed by atoms with van der Waals surface area (Å²) < 4.78 is 37.2. The van der Waals surface area contributed by atoms with Crippen LogP contribution in [0.1, 0.15) is 32.4 Å². The van der Waals surface area contributed by atoms with E-state index in [1.165, 1.54) is 13.2 Å². The van der Waals surface area contributed by atoms with Gasteiger partial charge in [-0.15, -0.1) is 0 Å². The summed E-state index contributed by atoms with van der Waals surface area (Å²) in [6.07, 6.45) is 0. The van der Waals surface area contributed by atoms with Gasteiger partial charge in [0.15, 0.2) is 11.6 Å². The van der Waals surface area contributed by atoms with Gasteiger partial charge in [-0.25, -0.2) is 18.4 Å².